The monoisotopic (exact) mass is 366 g/mol. The molecule has 0 saturated heterocycles. The van der Waals surface area contributed by atoms with E-state index in [1.807, 2.05) is 67.2 Å². The molecule has 26 heavy (non-hydrogen) atoms. The average Bonchev–Trinajstić information content (AvgIpc) is 2.60. The fourth-order valence-electron chi connectivity index (χ4n) is 2.46. The van der Waals surface area contributed by atoms with E-state index in [4.69, 9.17) is 0 Å². The van der Waals surface area contributed by atoms with Gasteiger partial charge in [-0.05, 0) is 29.8 Å². The van der Waals surface area contributed by atoms with Crippen LogP contribution in [0.3, 0.4) is 0 Å². The molecule has 0 aromatic heterocycles. The number of carbonyl (C=O) groups excluding carboxylic acids is 1. The van der Waals surface area contributed by atoms with Gasteiger partial charge in [0.25, 0.3) is 0 Å². The van der Waals surface area contributed by atoms with Crippen molar-refractivity contribution in [2.45, 2.75) is 30.4 Å². The summed E-state index contributed by atoms with van der Waals surface area (Å²) in [4.78, 5) is 15.3. The molecule has 0 aliphatic carbocycles. The number of nitrogens with zero attached hydrogens (tertiary/aromatic N) is 1. The zero-order chi connectivity index (χ0) is 18.9. The maximum Gasteiger partial charge on any atom is 0.225 e. The van der Waals surface area contributed by atoms with Gasteiger partial charge in [0.1, 0.15) is 0 Å². The molecule has 1 amide bonds. The second-order valence-electron chi connectivity index (χ2n) is 6.48. The molecule has 0 atom stereocenters. The van der Waals surface area contributed by atoms with Crippen molar-refractivity contribution in [1.29, 1.82) is 0 Å². The Bertz CT molecular complexity index is 786. The molecule has 0 unspecified atom stereocenters. The predicted molar refractivity (Wildman–Crippen MR) is 112 cm³/mol. The highest BCUT2D eigenvalue weighted by molar-refractivity contribution is 7.99. The first-order chi connectivity index (χ1) is 12.5. The van der Waals surface area contributed by atoms with Crippen LogP contribution in [0.15, 0.2) is 53.4 Å². The van der Waals surface area contributed by atoms with E-state index in [2.05, 4.69) is 43.1 Å². The standard InChI is InChI=1S/C22H26N2OS/c1-17(2)26-20-13-11-18(12-14-20)16-22(25)23-15-7-9-19-8-5-6-10-21(19)24(3)4/h5-6,8,10-14,17H,15-16H2,1-4H3,(H,23,25). The Kier molecular flexibility index (Phi) is 7.62. The van der Waals surface area contributed by atoms with Crippen LogP contribution in [-0.2, 0) is 11.2 Å². The molecule has 2 aromatic carbocycles. The van der Waals surface area contributed by atoms with E-state index < -0.39 is 0 Å². The minimum Gasteiger partial charge on any atom is -0.377 e. The van der Waals surface area contributed by atoms with E-state index in [0.717, 1.165) is 16.8 Å². The molecule has 0 aliphatic heterocycles. The lowest BCUT2D eigenvalue weighted by molar-refractivity contribution is -0.120. The number of hydrogen-bond acceptors (Lipinski definition) is 3. The number of amides is 1. The maximum absolute atomic E-state index is 12.1. The zero-order valence-electron chi connectivity index (χ0n) is 15.9. The van der Waals surface area contributed by atoms with E-state index in [0.29, 0.717) is 18.2 Å². The van der Waals surface area contributed by atoms with Crippen LogP contribution in [0.4, 0.5) is 5.69 Å². The SMILES string of the molecule is CC(C)Sc1ccc(CC(=O)NCC#Cc2ccccc2N(C)C)cc1. The largest absolute Gasteiger partial charge is 0.377 e. The Hall–Kier alpha value is -2.38. The smallest absolute Gasteiger partial charge is 0.225 e. The number of anilines is 1. The Morgan fingerprint density at radius 2 is 1.81 bits per heavy atom. The number of thioether (sulfide) groups is 1. The first kappa shape index (κ1) is 19.9. The summed E-state index contributed by atoms with van der Waals surface area (Å²) < 4.78 is 0. The molecule has 0 spiro atoms. The minimum absolute atomic E-state index is 0.00976. The van der Waals surface area contributed by atoms with Gasteiger partial charge in [0.15, 0.2) is 0 Å². The number of hydrogen-bond donors (Lipinski definition) is 1. The lowest BCUT2D eigenvalue weighted by atomic mass is 10.1. The molecule has 0 radical (unpaired) electrons. The molecule has 0 bridgehead atoms. The highest BCUT2D eigenvalue weighted by Crippen LogP contribution is 2.23. The van der Waals surface area contributed by atoms with Crippen molar-refractivity contribution in [3.05, 3.63) is 59.7 Å². The van der Waals surface area contributed by atoms with Gasteiger partial charge in [-0.2, -0.15) is 0 Å². The number of rotatable bonds is 6. The van der Waals surface area contributed by atoms with Crippen molar-refractivity contribution in [1.82, 2.24) is 5.32 Å². The van der Waals surface area contributed by atoms with Crippen LogP contribution < -0.4 is 10.2 Å². The highest BCUT2D eigenvalue weighted by Gasteiger charge is 2.04. The van der Waals surface area contributed by atoms with Crippen molar-refractivity contribution in [3.63, 3.8) is 0 Å². The summed E-state index contributed by atoms with van der Waals surface area (Å²) in [7, 11) is 3.99. The van der Waals surface area contributed by atoms with E-state index >= 15 is 0 Å². The quantitative estimate of drug-likeness (QED) is 0.620. The van der Waals surface area contributed by atoms with E-state index in [-0.39, 0.29) is 5.91 Å². The van der Waals surface area contributed by atoms with Crippen molar-refractivity contribution >= 4 is 23.4 Å². The predicted octanol–water partition coefficient (Wildman–Crippen LogP) is 3.96. The van der Waals surface area contributed by atoms with Crippen molar-refractivity contribution in [2.75, 3.05) is 25.5 Å². The second kappa shape index (κ2) is 9.94. The molecule has 136 valence electrons. The van der Waals surface area contributed by atoms with E-state index in [9.17, 15) is 4.79 Å². The van der Waals surface area contributed by atoms with Crippen LogP contribution in [-0.4, -0.2) is 31.8 Å². The van der Waals surface area contributed by atoms with Crippen molar-refractivity contribution < 1.29 is 4.79 Å². The molecule has 0 saturated carbocycles. The Balaban J connectivity index is 1.85. The van der Waals surface area contributed by atoms with Gasteiger partial charge >= 0.3 is 0 Å². The van der Waals surface area contributed by atoms with Gasteiger partial charge in [-0.3, -0.25) is 4.79 Å². The summed E-state index contributed by atoms with van der Waals surface area (Å²) in [6, 6.07) is 16.2. The van der Waals surface area contributed by atoms with Gasteiger partial charge in [-0.25, -0.2) is 0 Å². The molecule has 0 fully saturated rings. The molecule has 3 nitrogen and oxygen atoms in total. The van der Waals surface area contributed by atoms with Crippen LogP contribution in [0.2, 0.25) is 0 Å². The van der Waals surface area contributed by atoms with Crippen LogP contribution in [0.5, 0.6) is 0 Å². The summed E-state index contributed by atoms with van der Waals surface area (Å²) in [6.07, 6.45) is 0.378. The molecule has 0 aliphatic rings. The van der Waals surface area contributed by atoms with Crippen LogP contribution in [0.1, 0.15) is 25.0 Å². The highest BCUT2D eigenvalue weighted by atomic mass is 32.2. The first-order valence-corrected chi connectivity index (χ1v) is 9.61. The zero-order valence-corrected chi connectivity index (χ0v) is 16.7. The Morgan fingerprint density at radius 3 is 2.46 bits per heavy atom. The lowest BCUT2D eigenvalue weighted by Crippen LogP contribution is -2.25. The number of carbonyl (C=O) groups is 1. The molecule has 2 rings (SSSR count). The third-order valence-electron chi connectivity index (χ3n) is 3.64. The van der Waals surface area contributed by atoms with Gasteiger partial charge < -0.3 is 10.2 Å². The fourth-order valence-corrected chi connectivity index (χ4v) is 3.29. The molecular formula is C22H26N2OS. The van der Waals surface area contributed by atoms with Gasteiger partial charge in [-0.1, -0.05) is 50.0 Å². The number of nitrogens with one attached hydrogen (secondary N) is 1. The van der Waals surface area contributed by atoms with Gasteiger partial charge in [0.2, 0.25) is 5.91 Å². The van der Waals surface area contributed by atoms with E-state index in [1.54, 1.807) is 0 Å². The topological polar surface area (TPSA) is 32.3 Å². The van der Waals surface area contributed by atoms with E-state index in [1.165, 1.54) is 4.90 Å². The lowest BCUT2D eigenvalue weighted by Gasteiger charge is -2.13. The van der Waals surface area contributed by atoms with Crippen molar-refractivity contribution in [2.24, 2.45) is 0 Å². The van der Waals surface area contributed by atoms with Gasteiger partial charge in [0, 0.05) is 29.8 Å². The number of para-hydroxylation sites is 1. The molecule has 0 heterocycles. The molecule has 1 N–H and O–H groups in total. The number of benzene rings is 2. The molecule has 4 heteroatoms. The summed E-state index contributed by atoms with van der Waals surface area (Å²) in [5.41, 5.74) is 3.05. The van der Waals surface area contributed by atoms with Crippen molar-refractivity contribution in [3.8, 4) is 11.8 Å². The minimum atomic E-state index is -0.00976. The summed E-state index contributed by atoms with van der Waals surface area (Å²) in [5, 5.41) is 3.42. The summed E-state index contributed by atoms with van der Waals surface area (Å²) in [5.74, 6) is 6.15. The Labute approximate surface area is 161 Å². The maximum atomic E-state index is 12.1. The molecule has 2 aromatic rings. The van der Waals surface area contributed by atoms with Gasteiger partial charge in [-0.15, -0.1) is 11.8 Å². The third kappa shape index (κ3) is 6.50. The average molecular weight is 367 g/mol. The summed E-state index contributed by atoms with van der Waals surface area (Å²) in [6.45, 7) is 4.69. The molecular weight excluding hydrogens is 340 g/mol. The third-order valence-corrected chi connectivity index (χ3v) is 4.66. The second-order valence-corrected chi connectivity index (χ2v) is 8.13. The summed E-state index contributed by atoms with van der Waals surface area (Å²) >= 11 is 1.82. The van der Waals surface area contributed by atoms with Crippen LogP contribution >= 0.6 is 11.8 Å². The fraction of sp³-hybridized carbons (Fsp3) is 0.318. The van der Waals surface area contributed by atoms with Crippen LogP contribution in [0.25, 0.3) is 0 Å². The first-order valence-electron chi connectivity index (χ1n) is 8.73. The normalized spacial score (nSPS) is 10.2. The Morgan fingerprint density at radius 1 is 1.12 bits per heavy atom. The van der Waals surface area contributed by atoms with Crippen LogP contribution in [0, 0.1) is 11.8 Å². The van der Waals surface area contributed by atoms with Gasteiger partial charge in [0.05, 0.1) is 18.7 Å².